The zero-order valence-corrected chi connectivity index (χ0v) is 25.6. The van der Waals surface area contributed by atoms with Gasteiger partial charge in [0.05, 0.1) is 43.3 Å². The number of fused-ring (bicyclic) bond motifs is 5. The number of carbonyl (C=O) groups excluding carboxylic acids is 1. The topological polar surface area (TPSA) is 247 Å². The molecule has 3 aliphatic rings. The summed E-state index contributed by atoms with van der Waals surface area (Å²) in [7, 11) is -4.89. The average Bonchev–Trinajstić information content (AvgIpc) is 3.67. The van der Waals surface area contributed by atoms with Gasteiger partial charge >= 0.3 is 14.5 Å². The number of anilines is 1. The number of nitrogens with zero attached hydrogens (tertiary/aromatic N) is 7. The molecule has 1 saturated carbocycles. The fourth-order valence-corrected chi connectivity index (χ4v) is 7.99. The Morgan fingerprint density at radius 1 is 1.11 bits per heavy atom. The Hall–Kier alpha value is -3.03. The predicted molar refractivity (Wildman–Crippen MR) is 154 cm³/mol. The number of alkyl halides is 1. The van der Waals surface area contributed by atoms with E-state index >= 15 is 4.39 Å². The summed E-state index contributed by atoms with van der Waals surface area (Å²) in [5.74, 6) is -1.50. The molecule has 22 heteroatoms. The Bertz CT molecular complexity index is 1900. The summed E-state index contributed by atoms with van der Waals surface area (Å²) in [4.78, 5) is 45.6. The van der Waals surface area contributed by atoms with Crippen LogP contribution < -0.4 is 11.5 Å². The number of nitrogens with two attached hydrogens (primary N) is 2. The first-order chi connectivity index (χ1) is 21.4. The number of ether oxygens (including phenoxy) is 1. The lowest BCUT2D eigenvalue weighted by molar-refractivity contribution is -0.0485. The molecule has 7 rings (SSSR count). The van der Waals surface area contributed by atoms with Crippen molar-refractivity contribution in [2.45, 2.75) is 37.1 Å². The molecule has 3 aromatic heterocycles. The normalized spacial score (nSPS) is 35.9. The standard InChI is InChI=1S/C23H26FN9O9P2S/c24-16-15-7-40-44(37,45)39-6-12-10(4-14(12)33-13-3-1-2-11(21(26)34)17(13)30-31-33)5-38-43(35,36)42-19(16)23(41-15)32-9-29-18-20(25)27-8-28-22(18)32/h1-3,8-10,12,14-16,19,23H,4-7H2,(H2,26,34)(H,35,36)(H,37,45)(H2,25,27,28)/t10-,12-,14-,15-,16-,19-,23-,44?/m1/s1. The van der Waals surface area contributed by atoms with Crippen LogP contribution in [-0.2, 0) is 39.2 Å². The van der Waals surface area contributed by atoms with E-state index in [0.29, 0.717) is 17.5 Å². The minimum Gasteiger partial charge on any atom is -0.382 e. The maximum absolute atomic E-state index is 15.8. The number of phosphoric ester groups is 1. The molecule has 0 radical (unpaired) electrons. The molecule has 18 nitrogen and oxygen atoms in total. The molecule has 45 heavy (non-hydrogen) atoms. The Kier molecular flexibility index (Phi) is 7.72. The molecule has 1 amide bonds. The molecule has 1 aliphatic carbocycles. The third kappa shape index (κ3) is 5.54. The predicted octanol–water partition coefficient (Wildman–Crippen LogP) is 1.13. The van der Waals surface area contributed by atoms with Crippen LogP contribution in [0.25, 0.3) is 22.2 Å². The van der Waals surface area contributed by atoms with E-state index < -0.39 is 69.5 Å². The zero-order valence-electron chi connectivity index (χ0n) is 23.0. The van der Waals surface area contributed by atoms with Crippen molar-refractivity contribution in [1.29, 1.82) is 0 Å². The minimum atomic E-state index is -4.89. The maximum Gasteiger partial charge on any atom is 0.472 e. The van der Waals surface area contributed by atoms with Crippen LogP contribution in [-0.4, -0.2) is 88.4 Å². The summed E-state index contributed by atoms with van der Waals surface area (Å²) in [5, 5.41) is 8.33. The van der Waals surface area contributed by atoms with Crippen molar-refractivity contribution < 1.29 is 46.4 Å². The number of imidazole rings is 1. The summed E-state index contributed by atoms with van der Waals surface area (Å²) >= 11 is 5.20. The largest absolute Gasteiger partial charge is 0.472 e. The van der Waals surface area contributed by atoms with E-state index in [2.05, 4.69) is 25.3 Å². The van der Waals surface area contributed by atoms with Gasteiger partial charge in [-0.2, -0.15) is 0 Å². The van der Waals surface area contributed by atoms with Crippen LogP contribution >= 0.6 is 14.5 Å². The Labute approximate surface area is 257 Å². The highest BCUT2D eigenvalue weighted by molar-refractivity contribution is 8.07. The van der Waals surface area contributed by atoms with E-state index in [9.17, 15) is 19.1 Å². The lowest BCUT2D eigenvalue weighted by atomic mass is 9.70. The number of carbonyl (C=O) groups is 1. The highest BCUT2D eigenvalue weighted by Crippen LogP contribution is 2.55. The third-order valence-corrected chi connectivity index (χ3v) is 10.8. The van der Waals surface area contributed by atoms with Crippen molar-refractivity contribution in [3.05, 3.63) is 36.4 Å². The summed E-state index contributed by atoms with van der Waals surface area (Å²) < 4.78 is 59.5. The van der Waals surface area contributed by atoms with Crippen LogP contribution in [0.3, 0.4) is 0 Å². The molecule has 2 unspecified atom stereocenters. The second kappa shape index (κ2) is 11.3. The van der Waals surface area contributed by atoms with Gasteiger partial charge in [0.2, 0.25) is 0 Å². The van der Waals surface area contributed by atoms with E-state index in [-0.39, 0.29) is 35.8 Å². The molecular formula is C23H26FN9O9P2S. The van der Waals surface area contributed by atoms with E-state index in [4.69, 9.17) is 46.1 Å². The SMILES string of the molecule is NC(=O)c1cccc2c1nnn2[C@@H]1C[C@@H]2COP(=O)(O)O[C@@H]3[C@H](F)[C@@H](COP(O)(=S)OC[C@H]21)O[C@H]3n1cnc2c(N)ncnc21. The number of halogens is 1. The van der Waals surface area contributed by atoms with E-state index in [0.717, 1.165) is 0 Å². The molecule has 9 atom stereocenters. The minimum absolute atomic E-state index is 0.0547. The quantitative estimate of drug-likeness (QED) is 0.221. The molecule has 2 aliphatic heterocycles. The van der Waals surface area contributed by atoms with Crippen LogP contribution in [0.15, 0.2) is 30.9 Å². The first-order valence-corrected chi connectivity index (χ1v) is 17.6. The molecular weight excluding hydrogens is 659 g/mol. The molecule has 4 aromatic rings. The van der Waals surface area contributed by atoms with E-state index in [1.54, 1.807) is 16.8 Å². The first-order valence-electron chi connectivity index (χ1n) is 13.6. The van der Waals surface area contributed by atoms with Gasteiger partial charge in [0.1, 0.15) is 29.6 Å². The molecule has 240 valence electrons. The fraction of sp³-hybridized carbons (Fsp3) is 0.478. The highest BCUT2D eigenvalue weighted by atomic mass is 32.5. The summed E-state index contributed by atoms with van der Waals surface area (Å²) in [6, 6.07) is 4.50. The average molecular weight is 686 g/mol. The maximum atomic E-state index is 15.8. The van der Waals surface area contributed by atoms with Crippen molar-refractivity contribution in [3.63, 3.8) is 0 Å². The third-order valence-electron chi connectivity index (χ3n) is 8.19. The first kappa shape index (κ1) is 30.6. The number of hydrogen-bond acceptors (Lipinski definition) is 14. The highest BCUT2D eigenvalue weighted by Gasteiger charge is 2.52. The van der Waals surface area contributed by atoms with Gasteiger partial charge in [-0.15, -0.1) is 5.10 Å². The lowest BCUT2D eigenvalue weighted by Crippen LogP contribution is -2.44. The second-order valence-electron chi connectivity index (χ2n) is 10.8. The number of phosphoric acid groups is 1. The van der Waals surface area contributed by atoms with Crippen molar-refractivity contribution in [3.8, 4) is 0 Å². The molecule has 3 fully saturated rings. The number of rotatable bonds is 3. The van der Waals surface area contributed by atoms with Gasteiger partial charge in [0.15, 0.2) is 23.9 Å². The Morgan fingerprint density at radius 3 is 2.71 bits per heavy atom. The molecule has 2 bridgehead atoms. The van der Waals surface area contributed by atoms with E-state index in [1.807, 2.05) is 0 Å². The number of primary amides is 1. The van der Waals surface area contributed by atoms with Gasteiger partial charge in [-0.05, 0) is 36.3 Å². The number of hydrogen-bond donors (Lipinski definition) is 4. The molecule has 6 N–H and O–H groups in total. The van der Waals surface area contributed by atoms with Gasteiger partial charge in [-0.1, -0.05) is 11.3 Å². The summed E-state index contributed by atoms with van der Waals surface area (Å²) in [5.41, 5.74) is 12.7. The van der Waals surface area contributed by atoms with Crippen LogP contribution in [0.4, 0.5) is 10.2 Å². The van der Waals surface area contributed by atoms with Crippen LogP contribution in [0.5, 0.6) is 0 Å². The van der Waals surface area contributed by atoms with Crippen LogP contribution in [0, 0.1) is 11.8 Å². The van der Waals surface area contributed by atoms with Crippen molar-refractivity contribution in [2.24, 2.45) is 17.6 Å². The van der Waals surface area contributed by atoms with E-state index in [1.165, 1.54) is 23.3 Å². The molecule has 1 aromatic carbocycles. The fourth-order valence-electron chi connectivity index (χ4n) is 5.89. The number of amides is 1. The second-order valence-corrected chi connectivity index (χ2v) is 15.0. The number of aromatic nitrogens is 7. The molecule has 2 saturated heterocycles. The number of benzene rings is 1. The molecule has 0 spiro atoms. The smallest absolute Gasteiger partial charge is 0.382 e. The van der Waals surface area contributed by atoms with Crippen molar-refractivity contribution in [2.75, 3.05) is 25.6 Å². The van der Waals surface area contributed by atoms with Gasteiger partial charge in [-0.3, -0.25) is 18.4 Å². The summed E-state index contributed by atoms with van der Waals surface area (Å²) in [6.45, 7) is -4.99. The zero-order chi connectivity index (χ0) is 31.7. The number of nitrogen functional groups attached to an aromatic ring is 1. The van der Waals surface area contributed by atoms with Gasteiger partial charge < -0.3 is 35.0 Å². The molecule has 5 heterocycles. The summed E-state index contributed by atoms with van der Waals surface area (Å²) in [6.07, 6.45) is -3.73. The van der Waals surface area contributed by atoms with Crippen molar-refractivity contribution in [1.82, 2.24) is 34.5 Å². The monoisotopic (exact) mass is 685 g/mol. The van der Waals surface area contributed by atoms with Crippen molar-refractivity contribution >= 4 is 60.3 Å². The van der Waals surface area contributed by atoms with Crippen LogP contribution in [0.2, 0.25) is 0 Å². The Balaban J connectivity index is 1.17. The van der Waals surface area contributed by atoms with Gasteiger partial charge in [-0.25, -0.2) is 28.6 Å². The van der Waals surface area contributed by atoms with Gasteiger partial charge in [0.25, 0.3) is 5.91 Å². The Morgan fingerprint density at radius 2 is 1.91 bits per heavy atom. The van der Waals surface area contributed by atoms with Gasteiger partial charge in [0, 0.05) is 5.92 Å². The lowest BCUT2D eigenvalue weighted by Gasteiger charge is -2.44. The van der Waals surface area contributed by atoms with Crippen LogP contribution in [0.1, 0.15) is 29.0 Å².